The van der Waals surface area contributed by atoms with Crippen LogP contribution in [0.15, 0.2) is 18.2 Å². The molecule has 1 aromatic carbocycles. The van der Waals surface area contributed by atoms with E-state index in [-0.39, 0.29) is 0 Å². The van der Waals surface area contributed by atoms with Crippen LogP contribution in [0.2, 0.25) is 0 Å². The van der Waals surface area contributed by atoms with Crippen LogP contribution in [-0.4, -0.2) is 6.04 Å². The maximum atomic E-state index is 5.81. The summed E-state index contributed by atoms with van der Waals surface area (Å²) in [4.78, 5) is 0. The Hall–Kier alpha value is -0.860. The Balaban J connectivity index is 1.60. The van der Waals surface area contributed by atoms with Gasteiger partial charge < -0.3 is 0 Å². The Kier molecular flexibility index (Phi) is 4.13. The number of aryl methyl sites for hydroxylation is 2. The van der Waals surface area contributed by atoms with Gasteiger partial charge in [-0.15, -0.1) is 0 Å². The molecule has 110 valence electrons. The second-order valence-corrected chi connectivity index (χ2v) is 7.16. The van der Waals surface area contributed by atoms with E-state index >= 15 is 0 Å². The SMILES string of the molecule is Cc1ccc(CC(CC2CC3CCC2C3)NN)cc1C. The van der Waals surface area contributed by atoms with Gasteiger partial charge in [-0.1, -0.05) is 24.6 Å². The fourth-order valence-corrected chi connectivity index (χ4v) is 4.46. The maximum absolute atomic E-state index is 5.81. The molecular formula is C18H28N2. The second-order valence-electron chi connectivity index (χ2n) is 7.16. The summed E-state index contributed by atoms with van der Waals surface area (Å²) in [5.74, 6) is 8.76. The summed E-state index contributed by atoms with van der Waals surface area (Å²) in [6, 6.07) is 7.24. The summed E-state index contributed by atoms with van der Waals surface area (Å²) in [7, 11) is 0. The van der Waals surface area contributed by atoms with Gasteiger partial charge in [0.05, 0.1) is 0 Å². The number of hydrogen-bond donors (Lipinski definition) is 2. The van der Waals surface area contributed by atoms with Gasteiger partial charge in [0.1, 0.15) is 0 Å². The molecule has 0 aromatic heterocycles. The lowest BCUT2D eigenvalue weighted by Gasteiger charge is -2.26. The van der Waals surface area contributed by atoms with Crippen LogP contribution in [0, 0.1) is 31.6 Å². The van der Waals surface area contributed by atoms with Crippen molar-refractivity contribution in [2.45, 2.75) is 58.4 Å². The minimum absolute atomic E-state index is 0.432. The summed E-state index contributed by atoms with van der Waals surface area (Å²) < 4.78 is 0. The molecular weight excluding hydrogens is 244 g/mol. The van der Waals surface area contributed by atoms with Gasteiger partial charge in [-0.25, -0.2) is 0 Å². The first-order valence-corrected chi connectivity index (χ1v) is 8.18. The first kappa shape index (κ1) is 14.1. The van der Waals surface area contributed by atoms with Crippen molar-refractivity contribution in [3.05, 3.63) is 34.9 Å². The van der Waals surface area contributed by atoms with Gasteiger partial charge in [-0.05, 0) is 80.4 Å². The highest BCUT2D eigenvalue weighted by molar-refractivity contribution is 5.30. The van der Waals surface area contributed by atoms with Crippen LogP contribution in [0.1, 0.15) is 48.8 Å². The summed E-state index contributed by atoms with van der Waals surface area (Å²) >= 11 is 0. The molecule has 0 radical (unpaired) electrons. The third-order valence-electron chi connectivity index (χ3n) is 5.76. The van der Waals surface area contributed by atoms with E-state index in [2.05, 4.69) is 37.5 Å². The predicted molar refractivity (Wildman–Crippen MR) is 84.3 cm³/mol. The van der Waals surface area contributed by atoms with Crippen LogP contribution in [0.25, 0.3) is 0 Å². The van der Waals surface area contributed by atoms with E-state index in [1.165, 1.54) is 48.8 Å². The first-order chi connectivity index (χ1) is 9.65. The Morgan fingerprint density at radius 2 is 2.05 bits per heavy atom. The number of nitrogens with two attached hydrogens (primary N) is 1. The van der Waals surface area contributed by atoms with E-state index in [0.717, 1.165) is 24.2 Å². The maximum Gasteiger partial charge on any atom is 0.0253 e. The molecule has 3 N–H and O–H groups in total. The molecule has 4 atom stereocenters. The summed E-state index contributed by atoms with van der Waals surface area (Å²) in [6.45, 7) is 4.37. The molecule has 20 heavy (non-hydrogen) atoms. The molecule has 1 aromatic rings. The number of benzene rings is 1. The molecule has 2 saturated carbocycles. The van der Waals surface area contributed by atoms with Gasteiger partial charge in [0.2, 0.25) is 0 Å². The van der Waals surface area contributed by atoms with Crippen molar-refractivity contribution in [2.24, 2.45) is 23.6 Å². The minimum Gasteiger partial charge on any atom is -0.271 e. The van der Waals surface area contributed by atoms with Gasteiger partial charge in [0.15, 0.2) is 0 Å². The van der Waals surface area contributed by atoms with Crippen molar-refractivity contribution in [1.82, 2.24) is 5.43 Å². The Morgan fingerprint density at radius 3 is 2.65 bits per heavy atom. The van der Waals surface area contributed by atoms with Gasteiger partial charge in [0, 0.05) is 6.04 Å². The quantitative estimate of drug-likeness (QED) is 0.636. The van der Waals surface area contributed by atoms with E-state index in [0.29, 0.717) is 6.04 Å². The topological polar surface area (TPSA) is 38.0 Å². The van der Waals surface area contributed by atoms with Crippen molar-refractivity contribution in [3.63, 3.8) is 0 Å². The number of fused-ring (bicyclic) bond motifs is 2. The summed E-state index contributed by atoms with van der Waals surface area (Å²) in [6.07, 6.45) is 8.22. The molecule has 3 rings (SSSR count). The molecule has 0 spiro atoms. The van der Waals surface area contributed by atoms with Crippen molar-refractivity contribution < 1.29 is 0 Å². The van der Waals surface area contributed by atoms with Gasteiger partial charge in [-0.2, -0.15) is 0 Å². The van der Waals surface area contributed by atoms with Crippen LogP contribution < -0.4 is 11.3 Å². The summed E-state index contributed by atoms with van der Waals surface area (Å²) in [5.41, 5.74) is 7.25. The molecule has 2 nitrogen and oxygen atoms in total. The first-order valence-electron chi connectivity index (χ1n) is 8.18. The average Bonchev–Trinajstić information content (AvgIpc) is 3.04. The largest absolute Gasteiger partial charge is 0.271 e. The highest BCUT2D eigenvalue weighted by atomic mass is 15.2. The van der Waals surface area contributed by atoms with Crippen molar-refractivity contribution in [3.8, 4) is 0 Å². The van der Waals surface area contributed by atoms with E-state index in [9.17, 15) is 0 Å². The lowest BCUT2D eigenvalue weighted by molar-refractivity contribution is 0.277. The fraction of sp³-hybridized carbons (Fsp3) is 0.667. The fourth-order valence-electron chi connectivity index (χ4n) is 4.46. The third-order valence-corrected chi connectivity index (χ3v) is 5.76. The van der Waals surface area contributed by atoms with Crippen LogP contribution in [0.5, 0.6) is 0 Å². The van der Waals surface area contributed by atoms with Crippen molar-refractivity contribution in [2.75, 3.05) is 0 Å². The monoisotopic (exact) mass is 272 g/mol. The second kappa shape index (κ2) is 5.87. The lowest BCUT2D eigenvalue weighted by atomic mass is 9.83. The molecule has 2 fully saturated rings. The Bertz CT molecular complexity index is 468. The minimum atomic E-state index is 0.432. The zero-order valence-electron chi connectivity index (χ0n) is 12.9. The van der Waals surface area contributed by atoms with Crippen LogP contribution >= 0.6 is 0 Å². The van der Waals surface area contributed by atoms with E-state index in [1.807, 2.05) is 0 Å². The molecule has 4 unspecified atom stereocenters. The van der Waals surface area contributed by atoms with Crippen LogP contribution in [0.3, 0.4) is 0 Å². The molecule has 0 aliphatic heterocycles. The molecule has 0 amide bonds. The molecule has 2 aliphatic rings. The van der Waals surface area contributed by atoms with Gasteiger partial charge in [-0.3, -0.25) is 11.3 Å². The predicted octanol–water partition coefficient (Wildman–Crippen LogP) is 3.50. The zero-order chi connectivity index (χ0) is 14.1. The number of rotatable bonds is 5. The Labute approximate surface area is 123 Å². The number of hydrazine groups is 1. The van der Waals surface area contributed by atoms with E-state index in [4.69, 9.17) is 5.84 Å². The average molecular weight is 272 g/mol. The number of hydrogen-bond acceptors (Lipinski definition) is 2. The Morgan fingerprint density at radius 1 is 1.20 bits per heavy atom. The highest BCUT2D eigenvalue weighted by Crippen LogP contribution is 2.49. The van der Waals surface area contributed by atoms with E-state index < -0.39 is 0 Å². The van der Waals surface area contributed by atoms with Crippen molar-refractivity contribution in [1.29, 1.82) is 0 Å². The van der Waals surface area contributed by atoms with Crippen molar-refractivity contribution >= 4 is 0 Å². The summed E-state index contributed by atoms with van der Waals surface area (Å²) in [5, 5.41) is 0. The molecule has 0 saturated heterocycles. The smallest absolute Gasteiger partial charge is 0.0253 e. The van der Waals surface area contributed by atoms with Crippen LogP contribution in [-0.2, 0) is 6.42 Å². The third kappa shape index (κ3) is 2.91. The molecule has 2 heteroatoms. The van der Waals surface area contributed by atoms with E-state index in [1.54, 1.807) is 0 Å². The van der Waals surface area contributed by atoms with Crippen LogP contribution in [0.4, 0.5) is 0 Å². The molecule has 0 heterocycles. The molecule has 2 bridgehead atoms. The lowest BCUT2D eigenvalue weighted by Crippen LogP contribution is -2.39. The van der Waals surface area contributed by atoms with Gasteiger partial charge >= 0.3 is 0 Å². The normalized spacial score (nSPS) is 29.9. The standard InChI is InChI=1S/C18H28N2/c1-12-3-4-14(7-13(12)2)10-18(20-19)11-17-9-15-5-6-16(17)8-15/h3-4,7,15-18,20H,5-6,8-11,19H2,1-2H3. The molecule has 2 aliphatic carbocycles. The zero-order valence-corrected chi connectivity index (χ0v) is 12.9. The number of nitrogens with one attached hydrogen (secondary N) is 1. The van der Waals surface area contributed by atoms with Gasteiger partial charge in [0.25, 0.3) is 0 Å². The highest BCUT2D eigenvalue weighted by Gasteiger charge is 2.39.